The summed E-state index contributed by atoms with van der Waals surface area (Å²) in [6.45, 7) is 2.22. The van der Waals surface area contributed by atoms with Crippen LogP contribution in [0.3, 0.4) is 0 Å². The van der Waals surface area contributed by atoms with Gasteiger partial charge in [0.15, 0.2) is 5.16 Å². The maximum atomic E-state index is 12.8. The van der Waals surface area contributed by atoms with E-state index in [0.717, 1.165) is 48.9 Å². The highest BCUT2D eigenvalue weighted by molar-refractivity contribution is 7.98. The summed E-state index contributed by atoms with van der Waals surface area (Å²) in [5.74, 6) is 0.763. The summed E-state index contributed by atoms with van der Waals surface area (Å²) in [5.41, 5.74) is 3.96. The third-order valence-electron chi connectivity index (χ3n) is 6.03. The first-order valence-corrected chi connectivity index (χ1v) is 13.9. The summed E-state index contributed by atoms with van der Waals surface area (Å²) < 4.78 is 8.00. The molecule has 0 saturated heterocycles. The third kappa shape index (κ3) is 9.26. The second kappa shape index (κ2) is 15.1. The predicted molar refractivity (Wildman–Crippen MR) is 149 cm³/mol. The fraction of sp³-hybridized carbons (Fsp3) is 0.333. The van der Waals surface area contributed by atoms with Crippen molar-refractivity contribution in [3.63, 3.8) is 0 Å². The van der Waals surface area contributed by atoms with E-state index in [1.54, 1.807) is 24.2 Å². The molecule has 0 radical (unpaired) electrons. The molecular weight excluding hydrogens is 480 g/mol. The van der Waals surface area contributed by atoms with Gasteiger partial charge in [0.05, 0.1) is 0 Å². The highest BCUT2D eigenvalue weighted by Crippen LogP contribution is 2.21. The number of ether oxygens (including phenoxy) is 1. The van der Waals surface area contributed by atoms with Crippen molar-refractivity contribution in [1.29, 1.82) is 0 Å². The molecule has 0 aliphatic heterocycles. The van der Waals surface area contributed by atoms with Gasteiger partial charge in [0.2, 0.25) is 0 Å². The average molecular weight is 515 g/mol. The maximum absolute atomic E-state index is 12.8. The molecule has 4 aromatic rings. The van der Waals surface area contributed by atoms with Crippen LogP contribution in [0.4, 0.5) is 0 Å². The number of hydrogen-bond acceptors (Lipinski definition) is 6. The molecular formula is C30H34N4O2S. The molecule has 6 nitrogen and oxygen atoms in total. The number of benzene rings is 2. The molecule has 0 bridgehead atoms. The topological polar surface area (TPSA) is 69.9 Å². The molecule has 0 fully saturated rings. The molecule has 0 aliphatic rings. The molecule has 0 aliphatic carbocycles. The van der Waals surface area contributed by atoms with Gasteiger partial charge in [0, 0.05) is 56.1 Å². The van der Waals surface area contributed by atoms with Crippen molar-refractivity contribution >= 4 is 11.8 Å². The van der Waals surface area contributed by atoms with Crippen LogP contribution in [0.25, 0.3) is 0 Å². The lowest BCUT2D eigenvalue weighted by Gasteiger charge is -2.14. The van der Waals surface area contributed by atoms with Crippen molar-refractivity contribution in [2.75, 3.05) is 13.2 Å². The minimum atomic E-state index is -0.192. The largest absolute Gasteiger partial charge is 0.381 e. The third-order valence-corrected chi connectivity index (χ3v) is 7.09. The maximum Gasteiger partial charge on any atom is 0.277 e. The molecule has 0 N–H and O–H groups in total. The Morgan fingerprint density at radius 3 is 2.24 bits per heavy atom. The molecule has 2 aromatic carbocycles. The zero-order valence-electron chi connectivity index (χ0n) is 21.2. The number of aryl methyl sites for hydroxylation is 2. The molecule has 7 heteroatoms. The van der Waals surface area contributed by atoms with Crippen LogP contribution in [0.2, 0.25) is 0 Å². The summed E-state index contributed by atoms with van der Waals surface area (Å²) in [7, 11) is 0. The van der Waals surface area contributed by atoms with Gasteiger partial charge >= 0.3 is 0 Å². The van der Waals surface area contributed by atoms with E-state index in [1.165, 1.54) is 30.3 Å². The lowest BCUT2D eigenvalue weighted by Crippen LogP contribution is -2.20. The van der Waals surface area contributed by atoms with Crippen LogP contribution in [0, 0.1) is 0 Å². The van der Waals surface area contributed by atoms with Gasteiger partial charge in [-0.05, 0) is 42.4 Å². The Kier molecular flexibility index (Phi) is 10.9. The van der Waals surface area contributed by atoms with Crippen LogP contribution >= 0.6 is 11.8 Å². The van der Waals surface area contributed by atoms with Crippen LogP contribution in [-0.4, -0.2) is 32.7 Å². The second-order valence-electron chi connectivity index (χ2n) is 9.01. The first-order valence-electron chi connectivity index (χ1n) is 12.9. The van der Waals surface area contributed by atoms with Gasteiger partial charge in [0.1, 0.15) is 6.33 Å². The lowest BCUT2D eigenvalue weighted by molar-refractivity contribution is 0.124. The molecule has 0 unspecified atom stereocenters. The zero-order chi connectivity index (χ0) is 25.5. The minimum absolute atomic E-state index is 0.192. The van der Waals surface area contributed by atoms with Gasteiger partial charge in [-0.15, -0.1) is 0 Å². The van der Waals surface area contributed by atoms with E-state index in [-0.39, 0.29) is 5.56 Å². The van der Waals surface area contributed by atoms with Crippen LogP contribution in [-0.2, 0) is 29.9 Å². The first-order chi connectivity index (χ1) is 18.3. The van der Waals surface area contributed by atoms with E-state index in [2.05, 4.69) is 62.0 Å². The summed E-state index contributed by atoms with van der Waals surface area (Å²) in [4.78, 5) is 25.4. The number of aromatic nitrogens is 4. The molecule has 0 amide bonds. The quantitative estimate of drug-likeness (QED) is 0.115. The highest BCUT2D eigenvalue weighted by Gasteiger charge is 2.11. The molecule has 37 heavy (non-hydrogen) atoms. The van der Waals surface area contributed by atoms with Crippen LogP contribution in [0.5, 0.6) is 0 Å². The van der Waals surface area contributed by atoms with E-state index in [9.17, 15) is 4.79 Å². The molecule has 2 heterocycles. The predicted octanol–water partition coefficient (Wildman–Crippen LogP) is 5.74. The van der Waals surface area contributed by atoms with E-state index in [0.29, 0.717) is 18.6 Å². The number of hydrogen-bond donors (Lipinski definition) is 0. The van der Waals surface area contributed by atoms with Crippen molar-refractivity contribution in [3.05, 3.63) is 118 Å². The van der Waals surface area contributed by atoms with Gasteiger partial charge in [-0.2, -0.15) is 4.98 Å². The molecule has 0 saturated carbocycles. The second-order valence-corrected chi connectivity index (χ2v) is 9.95. The smallest absolute Gasteiger partial charge is 0.277 e. The summed E-state index contributed by atoms with van der Waals surface area (Å²) in [6, 6.07) is 20.9. The van der Waals surface area contributed by atoms with Crippen LogP contribution in [0.15, 0.2) is 95.5 Å². The SMILES string of the molecule is O=c1nc(SCc2ccccc2)n(CCCOCCCCCc2ccccc2)cc1Cc1cncnc1. The molecule has 0 atom stereocenters. The van der Waals surface area contributed by atoms with Crippen molar-refractivity contribution in [3.8, 4) is 0 Å². The molecule has 0 spiro atoms. The Balaban J connectivity index is 1.27. The normalized spacial score (nSPS) is 11.0. The van der Waals surface area contributed by atoms with E-state index in [1.807, 2.05) is 24.4 Å². The van der Waals surface area contributed by atoms with Crippen molar-refractivity contribution in [1.82, 2.24) is 19.5 Å². The van der Waals surface area contributed by atoms with Gasteiger partial charge in [-0.3, -0.25) is 4.79 Å². The van der Waals surface area contributed by atoms with Crippen molar-refractivity contribution in [2.24, 2.45) is 0 Å². The van der Waals surface area contributed by atoms with Gasteiger partial charge in [0.25, 0.3) is 5.56 Å². The monoisotopic (exact) mass is 514 g/mol. The van der Waals surface area contributed by atoms with Crippen molar-refractivity contribution < 1.29 is 4.74 Å². The Hall–Kier alpha value is -3.29. The number of thioether (sulfide) groups is 1. The number of rotatable bonds is 15. The van der Waals surface area contributed by atoms with Crippen LogP contribution in [0.1, 0.15) is 47.9 Å². The Bertz CT molecular complexity index is 1250. The van der Waals surface area contributed by atoms with E-state index < -0.39 is 0 Å². The van der Waals surface area contributed by atoms with Gasteiger partial charge < -0.3 is 9.30 Å². The van der Waals surface area contributed by atoms with Crippen molar-refractivity contribution in [2.45, 2.75) is 56.0 Å². The Morgan fingerprint density at radius 1 is 0.784 bits per heavy atom. The zero-order valence-corrected chi connectivity index (χ0v) is 22.0. The Labute approximate surface area is 223 Å². The summed E-state index contributed by atoms with van der Waals surface area (Å²) >= 11 is 1.59. The van der Waals surface area contributed by atoms with E-state index in [4.69, 9.17) is 4.74 Å². The Morgan fingerprint density at radius 2 is 1.49 bits per heavy atom. The first kappa shape index (κ1) is 26.8. The average Bonchev–Trinajstić information content (AvgIpc) is 2.94. The van der Waals surface area contributed by atoms with E-state index >= 15 is 0 Å². The summed E-state index contributed by atoms with van der Waals surface area (Å²) in [5, 5.41) is 0.739. The molecule has 2 aromatic heterocycles. The van der Waals surface area contributed by atoms with Gasteiger partial charge in [-0.25, -0.2) is 9.97 Å². The molecule has 4 rings (SSSR count). The fourth-order valence-electron chi connectivity index (χ4n) is 4.08. The minimum Gasteiger partial charge on any atom is -0.381 e. The standard InChI is InChI=1S/C30H34N4O2S/c35-29-28(19-27-20-31-24-32-21-27)22-34(30(33-29)37-23-26-14-6-2-7-15-26)16-10-18-36-17-9-3-8-13-25-11-4-1-5-12-25/h1-2,4-7,11-12,14-15,20-22,24H,3,8-10,13,16-19,23H2. The lowest BCUT2D eigenvalue weighted by atomic mass is 10.1. The van der Waals surface area contributed by atoms with Crippen LogP contribution < -0.4 is 5.56 Å². The fourth-order valence-corrected chi connectivity index (χ4v) is 5.02. The summed E-state index contributed by atoms with van der Waals surface area (Å²) in [6.07, 6.45) is 12.8. The highest BCUT2D eigenvalue weighted by atomic mass is 32.2. The number of nitrogens with zero attached hydrogens (tertiary/aromatic N) is 4. The molecule has 192 valence electrons. The number of unbranched alkanes of at least 4 members (excludes halogenated alkanes) is 2. The van der Waals surface area contributed by atoms with Gasteiger partial charge in [-0.1, -0.05) is 78.8 Å².